The molecule has 1 aliphatic heterocycles. The lowest BCUT2D eigenvalue weighted by atomic mass is 9.95. The molecular formula is C30H25ClN2O7S. The van der Waals surface area contributed by atoms with E-state index >= 15 is 0 Å². The van der Waals surface area contributed by atoms with Crippen molar-refractivity contribution < 1.29 is 28.2 Å². The third-order valence-electron chi connectivity index (χ3n) is 6.28. The van der Waals surface area contributed by atoms with Gasteiger partial charge in [-0.15, -0.1) is 0 Å². The van der Waals surface area contributed by atoms with E-state index in [0.717, 1.165) is 5.56 Å². The zero-order chi connectivity index (χ0) is 29.3. The van der Waals surface area contributed by atoms with E-state index in [1.165, 1.54) is 29.9 Å². The predicted molar refractivity (Wildman–Crippen MR) is 154 cm³/mol. The Morgan fingerprint density at radius 3 is 2.66 bits per heavy atom. The van der Waals surface area contributed by atoms with E-state index in [-0.39, 0.29) is 29.2 Å². The van der Waals surface area contributed by atoms with Crippen molar-refractivity contribution in [3.63, 3.8) is 0 Å². The molecule has 1 unspecified atom stereocenters. The minimum absolute atomic E-state index is 0.148. The van der Waals surface area contributed by atoms with Gasteiger partial charge < -0.3 is 18.6 Å². The molecule has 2 aromatic carbocycles. The first kappa shape index (κ1) is 28.1. The Labute approximate surface area is 243 Å². The Morgan fingerprint density at radius 1 is 1.15 bits per heavy atom. The fraction of sp³-hybridized carbons (Fsp3) is 0.200. The number of fused-ring (bicyclic) bond motifs is 1. The Balaban J connectivity index is 1.65. The van der Waals surface area contributed by atoms with Crippen LogP contribution in [0.25, 0.3) is 17.4 Å². The predicted octanol–water partition coefficient (Wildman–Crippen LogP) is 4.65. The molecule has 0 radical (unpaired) electrons. The number of ether oxygens (including phenoxy) is 3. The number of rotatable bonds is 7. The summed E-state index contributed by atoms with van der Waals surface area (Å²) in [5.41, 5.74) is 1.63. The highest BCUT2D eigenvalue weighted by Gasteiger charge is 2.34. The number of methoxy groups -OCH3 is 1. The molecule has 210 valence electrons. The van der Waals surface area contributed by atoms with Gasteiger partial charge in [-0.2, -0.15) is 0 Å². The summed E-state index contributed by atoms with van der Waals surface area (Å²) in [5, 5.41) is 0.582. The molecule has 0 fully saturated rings. The van der Waals surface area contributed by atoms with E-state index in [9.17, 15) is 14.4 Å². The fourth-order valence-corrected chi connectivity index (χ4v) is 5.77. The molecule has 0 bridgehead atoms. The van der Waals surface area contributed by atoms with Crippen molar-refractivity contribution in [3.8, 4) is 22.8 Å². The van der Waals surface area contributed by atoms with E-state index in [1.807, 2.05) is 12.1 Å². The highest BCUT2D eigenvalue weighted by Crippen LogP contribution is 2.36. The molecule has 2 aromatic heterocycles. The van der Waals surface area contributed by atoms with Gasteiger partial charge in [0.15, 0.2) is 16.3 Å². The van der Waals surface area contributed by atoms with E-state index in [2.05, 4.69) is 4.99 Å². The van der Waals surface area contributed by atoms with Gasteiger partial charge in [0, 0.05) is 23.6 Å². The molecule has 41 heavy (non-hydrogen) atoms. The van der Waals surface area contributed by atoms with Gasteiger partial charge in [-0.1, -0.05) is 41.1 Å². The summed E-state index contributed by atoms with van der Waals surface area (Å²) in [6, 6.07) is 14.8. The quantitative estimate of drug-likeness (QED) is 0.227. The number of halogens is 1. The van der Waals surface area contributed by atoms with Crippen LogP contribution < -0.4 is 24.4 Å². The van der Waals surface area contributed by atoms with Crippen molar-refractivity contribution in [3.05, 3.63) is 102 Å². The van der Waals surface area contributed by atoms with Crippen LogP contribution in [0, 0.1) is 0 Å². The van der Waals surface area contributed by atoms with Crippen LogP contribution in [0.15, 0.2) is 80.1 Å². The van der Waals surface area contributed by atoms with Gasteiger partial charge in [0.1, 0.15) is 11.5 Å². The number of thiazole rings is 1. The average molecular weight is 593 g/mol. The zero-order valence-corrected chi connectivity index (χ0v) is 24.2. The number of esters is 2. The maximum absolute atomic E-state index is 13.9. The molecule has 11 heteroatoms. The number of allylic oxidation sites excluding steroid dienone is 1. The average Bonchev–Trinajstić information content (AvgIpc) is 3.52. The van der Waals surface area contributed by atoms with E-state index in [4.69, 9.17) is 30.2 Å². The summed E-state index contributed by atoms with van der Waals surface area (Å²) in [7, 11) is 1.44. The number of carbonyl (C=O) groups excluding carboxylic acids is 2. The maximum Gasteiger partial charge on any atom is 0.338 e. The first-order valence-corrected chi connectivity index (χ1v) is 13.8. The third-order valence-corrected chi connectivity index (χ3v) is 7.50. The van der Waals surface area contributed by atoms with Gasteiger partial charge in [-0.25, -0.2) is 9.79 Å². The normalized spacial score (nSPS) is 14.9. The lowest BCUT2D eigenvalue weighted by Crippen LogP contribution is -2.39. The SMILES string of the molecule is CCOC(=O)C1=C(C)N=c2sc(=Cc3ccc(-c4cccc(Cl)c4)o3)c(=O)n2C1c1ccc(OC(C)=O)c(OC)c1. The van der Waals surface area contributed by atoms with Crippen LogP contribution in [-0.4, -0.2) is 30.2 Å². The smallest absolute Gasteiger partial charge is 0.338 e. The lowest BCUT2D eigenvalue weighted by molar-refractivity contribution is -0.139. The topological polar surface area (TPSA) is 109 Å². The molecule has 5 rings (SSSR count). The van der Waals surface area contributed by atoms with Crippen LogP contribution >= 0.6 is 22.9 Å². The number of furan rings is 1. The van der Waals surface area contributed by atoms with Crippen LogP contribution in [-0.2, 0) is 14.3 Å². The minimum Gasteiger partial charge on any atom is -0.493 e. The summed E-state index contributed by atoms with van der Waals surface area (Å²) in [5.74, 6) is 0.446. The molecular weight excluding hydrogens is 568 g/mol. The van der Waals surface area contributed by atoms with E-state index in [1.54, 1.807) is 62.4 Å². The maximum atomic E-state index is 13.9. The largest absolute Gasteiger partial charge is 0.493 e. The molecule has 4 aromatic rings. The Hall–Kier alpha value is -4.41. The van der Waals surface area contributed by atoms with Crippen LogP contribution in [0.5, 0.6) is 11.5 Å². The summed E-state index contributed by atoms with van der Waals surface area (Å²) < 4.78 is 23.8. The van der Waals surface area contributed by atoms with Crippen molar-refractivity contribution in [2.24, 2.45) is 4.99 Å². The van der Waals surface area contributed by atoms with Gasteiger partial charge in [-0.05, 0) is 55.8 Å². The molecule has 0 amide bonds. The van der Waals surface area contributed by atoms with Crippen molar-refractivity contribution in [1.82, 2.24) is 4.57 Å². The highest BCUT2D eigenvalue weighted by molar-refractivity contribution is 7.07. The second-order valence-corrected chi connectivity index (χ2v) is 10.5. The third kappa shape index (κ3) is 5.61. The summed E-state index contributed by atoms with van der Waals surface area (Å²) >= 11 is 7.30. The van der Waals surface area contributed by atoms with Crippen molar-refractivity contribution in [2.75, 3.05) is 13.7 Å². The van der Waals surface area contributed by atoms with Gasteiger partial charge in [0.25, 0.3) is 5.56 Å². The molecule has 0 aliphatic carbocycles. The number of hydrogen-bond donors (Lipinski definition) is 0. The molecule has 0 saturated carbocycles. The number of nitrogens with zero attached hydrogens (tertiary/aromatic N) is 2. The number of hydrogen-bond acceptors (Lipinski definition) is 9. The van der Waals surface area contributed by atoms with Crippen LogP contribution in [0.3, 0.4) is 0 Å². The van der Waals surface area contributed by atoms with E-state index in [0.29, 0.717) is 37.1 Å². The number of benzene rings is 2. The first-order chi connectivity index (χ1) is 19.7. The summed E-state index contributed by atoms with van der Waals surface area (Å²) in [6.07, 6.45) is 1.64. The second kappa shape index (κ2) is 11.6. The van der Waals surface area contributed by atoms with Crippen LogP contribution in [0.1, 0.15) is 38.1 Å². The van der Waals surface area contributed by atoms with Crippen molar-refractivity contribution >= 4 is 41.0 Å². The summed E-state index contributed by atoms with van der Waals surface area (Å²) in [6.45, 7) is 4.84. The monoisotopic (exact) mass is 592 g/mol. The molecule has 0 saturated heterocycles. The summed E-state index contributed by atoms with van der Waals surface area (Å²) in [4.78, 5) is 43.6. The van der Waals surface area contributed by atoms with Gasteiger partial charge >= 0.3 is 11.9 Å². The molecule has 0 spiro atoms. The van der Waals surface area contributed by atoms with Crippen molar-refractivity contribution in [1.29, 1.82) is 0 Å². The molecule has 3 heterocycles. The van der Waals surface area contributed by atoms with Crippen LogP contribution in [0.2, 0.25) is 5.02 Å². The fourth-order valence-electron chi connectivity index (χ4n) is 4.56. The van der Waals surface area contributed by atoms with Gasteiger partial charge in [0.05, 0.1) is 35.6 Å². The second-order valence-electron chi connectivity index (χ2n) is 9.02. The van der Waals surface area contributed by atoms with Gasteiger partial charge in [0.2, 0.25) is 0 Å². The molecule has 1 aliphatic rings. The molecule has 9 nitrogen and oxygen atoms in total. The van der Waals surface area contributed by atoms with Gasteiger partial charge in [-0.3, -0.25) is 14.2 Å². The minimum atomic E-state index is -0.869. The zero-order valence-electron chi connectivity index (χ0n) is 22.6. The van der Waals surface area contributed by atoms with E-state index < -0.39 is 18.0 Å². The number of aromatic nitrogens is 1. The molecule has 0 N–H and O–H groups in total. The highest BCUT2D eigenvalue weighted by atomic mass is 35.5. The Morgan fingerprint density at radius 2 is 1.95 bits per heavy atom. The lowest BCUT2D eigenvalue weighted by Gasteiger charge is -2.25. The van der Waals surface area contributed by atoms with Crippen LogP contribution in [0.4, 0.5) is 0 Å². The Bertz CT molecular complexity index is 1880. The first-order valence-electron chi connectivity index (χ1n) is 12.6. The number of carbonyl (C=O) groups is 2. The van der Waals surface area contributed by atoms with Crippen molar-refractivity contribution in [2.45, 2.75) is 26.8 Å². The standard InChI is InChI=1S/C30H25ClN2O7S/c1-5-38-29(36)26-16(2)32-30-33(27(26)19-9-11-23(39-17(3)34)24(14-19)37-4)28(35)25(41-30)15-21-10-12-22(40-21)18-7-6-8-20(31)13-18/h6-15,27H,5H2,1-4H3. The molecule has 1 atom stereocenters. The Kier molecular flexibility index (Phi) is 7.96.